The van der Waals surface area contributed by atoms with E-state index in [1.54, 1.807) is 6.92 Å². The van der Waals surface area contributed by atoms with Crippen LogP contribution in [-0.2, 0) is 14.4 Å². The van der Waals surface area contributed by atoms with Gasteiger partial charge >= 0.3 is 0 Å². The average molecular weight is 240 g/mol. The molecule has 0 aromatic rings. The molecule has 0 spiro atoms. The predicted octanol–water partition coefficient (Wildman–Crippen LogP) is 0.529. The highest BCUT2D eigenvalue weighted by atomic mass is 16.2. The smallest absolute Gasteiger partial charge is 0.289 e. The second kappa shape index (κ2) is 6.37. The monoisotopic (exact) mass is 240 g/mol. The topological polar surface area (TPSA) is 75.3 Å². The van der Waals surface area contributed by atoms with Gasteiger partial charge in [-0.15, -0.1) is 0 Å². The number of nitrogens with one attached hydrogen (secondary N) is 2. The van der Waals surface area contributed by atoms with E-state index >= 15 is 0 Å². The van der Waals surface area contributed by atoms with Crippen molar-refractivity contribution in [2.45, 2.75) is 58.0 Å². The van der Waals surface area contributed by atoms with Crippen LogP contribution in [0.15, 0.2) is 0 Å². The van der Waals surface area contributed by atoms with Crippen molar-refractivity contribution in [3.63, 3.8) is 0 Å². The minimum atomic E-state index is -0.675. The third kappa shape index (κ3) is 4.54. The second-order valence-corrected chi connectivity index (χ2v) is 4.37. The SMILES string of the molecule is CCC[C@@H](NC(=O)CC)C(=O)C(=O)NC1CC1. The Labute approximate surface area is 101 Å². The molecule has 1 aliphatic carbocycles. The molecule has 0 radical (unpaired) electrons. The van der Waals surface area contributed by atoms with Gasteiger partial charge in [0.15, 0.2) is 0 Å². The zero-order valence-corrected chi connectivity index (χ0v) is 10.4. The van der Waals surface area contributed by atoms with Crippen molar-refractivity contribution in [2.75, 3.05) is 0 Å². The van der Waals surface area contributed by atoms with E-state index < -0.39 is 17.7 Å². The Morgan fingerprint density at radius 3 is 2.35 bits per heavy atom. The van der Waals surface area contributed by atoms with Crippen molar-refractivity contribution < 1.29 is 14.4 Å². The molecule has 17 heavy (non-hydrogen) atoms. The van der Waals surface area contributed by atoms with Gasteiger partial charge in [0.1, 0.15) is 0 Å². The summed E-state index contributed by atoms with van der Waals surface area (Å²) in [6.07, 6.45) is 3.45. The molecule has 1 rings (SSSR count). The number of amides is 2. The van der Waals surface area contributed by atoms with Crippen LogP contribution in [0.3, 0.4) is 0 Å². The van der Waals surface area contributed by atoms with E-state index in [9.17, 15) is 14.4 Å². The quantitative estimate of drug-likeness (QED) is 0.637. The molecular formula is C12H20N2O3. The fourth-order valence-electron chi connectivity index (χ4n) is 1.50. The van der Waals surface area contributed by atoms with E-state index in [2.05, 4.69) is 10.6 Å². The van der Waals surface area contributed by atoms with Crippen molar-refractivity contribution in [3.8, 4) is 0 Å². The Bertz CT molecular complexity index is 311. The number of carbonyl (C=O) groups excluding carboxylic acids is 3. The van der Waals surface area contributed by atoms with Gasteiger partial charge in [0.2, 0.25) is 11.7 Å². The van der Waals surface area contributed by atoms with Crippen LogP contribution in [0.25, 0.3) is 0 Å². The molecule has 2 amide bonds. The van der Waals surface area contributed by atoms with Gasteiger partial charge in [-0.1, -0.05) is 20.3 Å². The molecule has 5 heteroatoms. The van der Waals surface area contributed by atoms with Crippen LogP contribution in [0.2, 0.25) is 0 Å². The Kier molecular flexibility index (Phi) is 5.12. The zero-order valence-electron chi connectivity index (χ0n) is 10.4. The second-order valence-electron chi connectivity index (χ2n) is 4.37. The highest BCUT2D eigenvalue weighted by molar-refractivity contribution is 6.38. The fraction of sp³-hybridized carbons (Fsp3) is 0.750. The number of hydrogen-bond donors (Lipinski definition) is 2. The Hall–Kier alpha value is -1.39. The van der Waals surface area contributed by atoms with Crippen LogP contribution in [0.4, 0.5) is 0 Å². The standard InChI is InChI=1S/C12H20N2O3/c1-3-5-9(14-10(15)4-2)11(16)12(17)13-8-6-7-8/h8-9H,3-7H2,1-2H3,(H,13,17)(H,14,15)/t9-/m1/s1. The molecule has 96 valence electrons. The van der Waals surface area contributed by atoms with Gasteiger partial charge < -0.3 is 10.6 Å². The molecule has 0 saturated heterocycles. The van der Waals surface area contributed by atoms with Crippen LogP contribution >= 0.6 is 0 Å². The normalized spacial score (nSPS) is 16.1. The van der Waals surface area contributed by atoms with Crippen molar-refractivity contribution in [3.05, 3.63) is 0 Å². The van der Waals surface area contributed by atoms with Crippen LogP contribution < -0.4 is 10.6 Å². The van der Waals surface area contributed by atoms with Gasteiger partial charge in [-0.3, -0.25) is 14.4 Å². The van der Waals surface area contributed by atoms with Gasteiger partial charge in [0, 0.05) is 12.5 Å². The number of ketones is 1. The first-order valence-corrected chi connectivity index (χ1v) is 6.22. The summed E-state index contributed by atoms with van der Waals surface area (Å²) in [5.41, 5.74) is 0. The first-order chi connectivity index (χ1) is 8.08. The summed E-state index contributed by atoms with van der Waals surface area (Å²) >= 11 is 0. The van der Waals surface area contributed by atoms with E-state index in [4.69, 9.17) is 0 Å². The third-order valence-electron chi connectivity index (χ3n) is 2.69. The molecule has 5 nitrogen and oxygen atoms in total. The minimum Gasteiger partial charge on any atom is -0.347 e. The highest BCUT2D eigenvalue weighted by Crippen LogP contribution is 2.18. The van der Waals surface area contributed by atoms with Crippen molar-refractivity contribution >= 4 is 17.6 Å². The first kappa shape index (κ1) is 13.7. The molecule has 0 aromatic carbocycles. The Morgan fingerprint density at radius 2 is 1.88 bits per heavy atom. The number of hydrogen-bond acceptors (Lipinski definition) is 3. The van der Waals surface area contributed by atoms with Crippen LogP contribution in [-0.4, -0.2) is 29.7 Å². The molecular weight excluding hydrogens is 220 g/mol. The zero-order chi connectivity index (χ0) is 12.8. The highest BCUT2D eigenvalue weighted by Gasteiger charge is 2.30. The lowest BCUT2D eigenvalue weighted by molar-refractivity contribution is -0.140. The van der Waals surface area contributed by atoms with E-state index in [1.165, 1.54) is 0 Å². The van der Waals surface area contributed by atoms with Gasteiger partial charge in [-0.25, -0.2) is 0 Å². The van der Waals surface area contributed by atoms with Crippen molar-refractivity contribution in [1.82, 2.24) is 10.6 Å². The average Bonchev–Trinajstić information content (AvgIpc) is 3.11. The molecule has 0 aliphatic heterocycles. The van der Waals surface area contributed by atoms with E-state index in [0.717, 1.165) is 19.3 Å². The lowest BCUT2D eigenvalue weighted by atomic mass is 10.1. The summed E-state index contributed by atoms with van der Waals surface area (Å²) in [4.78, 5) is 34.7. The van der Waals surface area contributed by atoms with E-state index in [1.807, 2.05) is 6.92 Å². The Balaban J connectivity index is 2.51. The maximum absolute atomic E-state index is 11.8. The van der Waals surface area contributed by atoms with Crippen molar-refractivity contribution in [1.29, 1.82) is 0 Å². The van der Waals surface area contributed by atoms with E-state index in [-0.39, 0.29) is 11.9 Å². The molecule has 0 aromatic heterocycles. The van der Waals surface area contributed by atoms with Gasteiger partial charge in [0.25, 0.3) is 5.91 Å². The van der Waals surface area contributed by atoms with Gasteiger partial charge in [0.05, 0.1) is 6.04 Å². The van der Waals surface area contributed by atoms with Crippen LogP contribution in [0.1, 0.15) is 46.0 Å². The van der Waals surface area contributed by atoms with Crippen LogP contribution in [0.5, 0.6) is 0 Å². The maximum Gasteiger partial charge on any atom is 0.289 e. The number of carbonyl (C=O) groups is 3. The molecule has 1 saturated carbocycles. The summed E-state index contributed by atoms with van der Waals surface area (Å²) in [6, 6.07) is -0.512. The predicted molar refractivity (Wildman–Crippen MR) is 63.3 cm³/mol. The van der Waals surface area contributed by atoms with Gasteiger partial charge in [-0.2, -0.15) is 0 Å². The number of Topliss-reactive ketones (excluding diaryl/α,β-unsaturated/α-hetero) is 1. The summed E-state index contributed by atoms with van der Waals surface area (Å²) in [7, 11) is 0. The lowest BCUT2D eigenvalue weighted by Gasteiger charge is -2.16. The van der Waals surface area contributed by atoms with Gasteiger partial charge in [-0.05, 0) is 19.3 Å². The molecule has 1 atom stereocenters. The summed E-state index contributed by atoms with van der Waals surface area (Å²) < 4.78 is 0. The number of rotatable bonds is 7. The van der Waals surface area contributed by atoms with E-state index in [0.29, 0.717) is 12.8 Å². The molecule has 2 N–H and O–H groups in total. The Morgan fingerprint density at radius 1 is 1.24 bits per heavy atom. The van der Waals surface area contributed by atoms with Crippen molar-refractivity contribution in [2.24, 2.45) is 0 Å². The third-order valence-corrected chi connectivity index (χ3v) is 2.69. The lowest BCUT2D eigenvalue weighted by Crippen LogP contribution is -2.47. The summed E-state index contributed by atoms with van der Waals surface area (Å²) in [5, 5.41) is 5.24. The molecule has 0 heterocycles. The minimum absolute atomic E-state index is 0.163. The molecule has 0 unspecified atom stereocenters. The summed E-state index contributed by atoms with van der Waals surface area (Å²) in [5.74, 6) is -1.29. The summed E-state index contributed by atoms with van der Waals surface area (Å²) in [6.45, 7) is 3.63. The maximum atomic E-state index is 11.8. The molecule has 0 bridgehead atoms. The first-order valence-electron chi connectivity index (χ1n) is 6.22. The van der Waals surface area contributed by atoms with Crippen LogP contribution in [0, 0.1) is 0 Å². The fourth-order valence-corrected chi connectivity index (χ4v) is 1.50. The molecule has 1 aliphatic rings. The molecule has 1 fully saturated rings. The largest absolute Gasteiger partial charge is 0.347 e.